The van der Waals surface area contributed by atoms with Gasteiger partial charge in [0.25, 0.3) is 0 Å². The fraction of sp³-hybridized carbons (Fsp3) is 0.500. The topological polar surface area (TPSA) is 92.0 Å². The molecule has 0 radical (unpaired) electrons. The van der Waals surface area contributed by atoms with E-state index >= 15 is 0 Å². The Hall–Kier alpha value is -5.94. The molecule has 428 valence electrons. The lowest BCUT2D eigenvalue weighted by molar-refractivity contribution is 0.181. The van der Waals surface area contributed by atoms with Gasteiger partial charge in [-0.15, -0.1) is 0 Å². The van der Waals surface area contributed by atoms with Gasteiger partial charge < -0.3 is 14.7 Å². The number of hydrogen-bond donors (Lipinski definition) is 0. The summed E-state index contributed by atoms with van der Waals surface area (Å²) in [5.41, 5.74) is 17.6. The SMILES string of the molecule is CC1CCN(C)CC1.CN1CCN(C)CC1.C[C@H]1CC1(C)C.Cc1cc(C)cc(C)c1.Cc1cc(C)ncn1.Cc1ccc(C)cc1.Cc1ccc(C)nc1.Cc1cccc(C)c1.Cc1cnc(C)cn1.Cc1cnn(C)c1. The average Bonchev–Trinajstić information content (AvgIpc) is 3.73. The van der Waals surface area contributed by atoms with Crippen LogP contribution in [0.4, 0.5) is 0 Å². The van der Waals surface area contributed by atoms with E-state index in [-0.39, 0.29) is 0 Å². The van der Waals surface area contributed by atoms with Gasteiger partial charge in [0.1, 0.15) is 6.33 Å². The first kappa shape index (κ1) is 70.1. The smallest absolute Gasteiger partial charge is 0.115 e. The fourth-order valence-corrected chi connectivity index (χ4v) is 7.55. The third-order valence-electron chi connectivity index (χ3n) is 13.2. The number of pyridine rings is 1. The van der Waals surface area contributed by atoms with Crippen molar-refractivity contribution >= 4 is 0 Å². The zero-order valence-corrected chi connectivity index (χ0v) is 53.0. The van der Waals surface area contributed by atoms with E-state index in [2.05, 4.69) is 215 Å². The summed E-state index contributed by atoms with van der Waals surface area (Å²) in [5.74, 6) is 1.98. The number of aromatic nitrogens is 7. The van der Waals surface area contributed by atoms with Gasteiger partial charge in [-0.1, -0.05) is 139 Å². The van der Waals surface area contributed by atoms with E-state index in [1.165, 1.54) is 109 Å². The second kappa shape index (κ2) is 38.6. The predicted octanol–water partition coefficient (Wildman–Crippen LogP) is 15.1. The van der Waals surface area contributed by atoms with Crippen LogP contribution in [0.25, 0.3) is 0 Å². The van der Waals surface area contributed by atoms with Crippen LogP contribution in [0.5, 0.6) is 0 Å². The van der Waals surface area contributed by atoms with E-state index in [0.29, 0.717) is 5.41 Å². The lowest BCUT2D eigenvalue weighted by Gasteiger charge is -2.28. The number of aryl methyl sites for hydroxylation is 15. The molecule has 78 heavy (non-hydrogen) atoms. The van der Waals surface area contributed by atoms with Crippen molar-refractivity contribution in [1.82, 2.24) is 49.4 Å². The quantitative estimate of drug-likeness (QED) is 0.147. The van der Waals surface area contributed by atoms with Gasteiger partial charge >= 0.3 is 0 Å². The highest BCUT2D eigenvalue weighted by Crippen LogP contribution is 2.50. The minimum atomic E-state index is 0.708. The molecule has 7 aromatic rings. The van der Waals surface area contributed by atoms with Gasteiger partial charge in [0, 0.05) is 75.1 Å². The molecule has 2 saturated heterocycles. The number of nitrogens with zero attached hydrogens (tertiary/aromatic N) is 10. The van der Waals surface area contributed by atoms with E-state index in [4.69, 9.17) is 0 Å². The molecule has 3 aromatic carbocycles. The number of hydrogen-bond acceptors (Lipinski definition) is 9. The molecule has 3 fully saturated rings. The molecule has 0 bridgehead atoms. The summed E-state index contributed by atoms with van der Waals surface area (Å²) in [4.78, 5) is 27.1. The zero-order chi connectivity index (χ0) is 58.8. The van der Waals surface area contributed by atoms with Gasteiger partial charge in [0.2, 0.25) is 0 Å². The molecular weight excluding hydrogens is 957 g/mol. The molecule has 10 rings (SSSR count). The van der Waals surface area contributed by atoms with Crippen molar-refractivity contribution in [3.8, 4) is 0 Å². The van der Waals surface area contributed by atoms with Crippen molar-refractivity contribution in [2.45, 2.75) is 144 Å². The van der Waals surface area contributed by atoms with Crippen molar-refractivity contribution in [1.29, 1.82) is 0 Å². The van der Waals surface area contributed by atoms with Crippen LogP contribution in [-0.2, 0) is 7.05 Å². The van der Waals surface area contributed by atoms with Crippen LogP contribution >= 0.6 is 0 Å². The lowest BCUT2D eigenvalue weighted by Crippen LogP contribution is -2.42. The Morgan fingerprint density at radius 2 is 0.756 bits per heavy atom. The number of piperidine rings is 1. The second-order valence-electron chi connectivity index (χ2n) is 22.9. The largest absolute Gasteiger partial charge is 0.306 e. The molecule has 3 aliphatic rings. The molecule has 0 spiro atoms. The van der Waals surface area contributed by atoms with Crippen molar-refractivity contribution in [2.75, 3.05) is 60.4 Å². The Bertz CT molecular complexity index is 2250. The minimum absolute atomic E-state index is 0.708. The molecule has 0 amide bonds. The molecule has 2 aliphatic heterocycles. The van der Waals surface area contributed by atoms with Crippen molar-refractivity contribution in [2.24, 2.45) is 24.3 Å². The van der Waals surface area contributed by atoms with Crippen molar-refractivity contribution < 1.29 is 0 Å². The first-order chi connectivity index (χ1) is 36.6. The summed E-state index contributed by atoms with van der Waals surface area (Å²) in [6.07, 6.45) is 15.0. The predicted molar refractivity (Wildman–Crippen MR) is 336 cm³/mol. The third-order valence-corrected chi connectivity index (χ3v) is 13.2. The summed E-state index contributed by atoms with van der Waals surface area (Å²) < 4.78 is 1.79. The Morgan fingerprint density at radius 3 is 1.00 bits per heavy atom. The maximum absolute atomic E-state index is 4.08. The van der Waals surface area contributed by atoms with Crippen LogP contribution in [-0.4, -0.2) is 110 Å². The Balaban J connectivity index is 0.000000434. The second-order valence-corrected chi connectivity index (χ2v) is 22.9. The Labute approximate surface area is 476 Å². The van der Waals surface area contributed by atoms with E-state index in [0.717, 1.165) is 40.3 Å². The monoisotopic (exact) mass is 1060 g/mol. The van der Waals surface area contributed by atoms with E-state index < -0.39 is 0 Å². The number of likely N-dealkylation sites (tertiary alicyclic amines) is 1. The van der Waals surface area contributed by atoms with Gasteiger partial charge in [-0.05, 0) is 191 Å². The van der Waals surface area contributed by atoms with Gasteiger partial charge in [-0.3, -0.25) is 19.6 Å². The molecule has 1 aliphatic carbocycles. The molecule has 0 N–H and O–H groups in total. The molecular formula is C68H106N10. The van der Waals surface area contributed by atoms with E-state index in [1.807, 2.05) is 86.2 Å². The zero-order valence-electron chi connectivity index (χ0n) is 53.0. The van der Waals surface area contributed by atoms with Crippen LogP contribution in [0.3, 0.4) is 0 Å². The highest BCUT2D eigenvalue weighted by atomic mass is 15.2. The van der Waals surface area contributed by atoms with Gasteiger partial charge in [-0.2, -0.15) is 5.10 Å². The molecule has 1 saturated carbocycles. The number of benzene rings is 3. The van der Waals surface area contributed by atoms with Gasteiger partial charge in [-0.25, -0.2) is 9.97 Å². The average molecular weight is 1060 g/mol. The maximum atomic E-state index is 4.08. The van der Waals surface area contributed by atoms with Crippen LogP contribution in [0.1, 0.15) is 125 Å². The minimum Gasteiger partial charge on any atom is -0.306 e. The first-order valence-electron chi connectivity index (χ1n) is 28.1. The lowest BCUT2D eigenvalue weighted by atomic mass is 10.00. The highest BCUT2D eigenvalue weighted by molar-refractivity contribution is 5.27. The summed E-state index contributed by atoms with van der Waals surface area (Å²) in [6.45, 7) is 45.4. The normalized spacial score (nSPS) is 15.1. The first-order valence-corrected chi connectivity index (χ1v) is 28.1. The van der Waals surface area contributed by atoms with E-state index in [1.54, 1.807) is 23.4 Å². The third kappa shape index (κ3) is 37.8. The van der Waals surface area contributed by atoms with Crippen LogP contribution < -0.4 is 0 Å². The summed E-state index contributed by atoms with van der Waals surface area (Å²) >= 11 is 0. The molecule has 4 aromatic heterocycles. The number of rotatable bonds is 0. The number of piperazine rings is 1. The standard InChI is InChI=1S/C9H12.2C8H10.C7H15N.C7H9N.C6H14N2.2C6H8N2.C6H12.C5H8N2/c1-7-4-8(2)6-9(3)5-7;1-7-3-5-8(2)6-4-7;1-7-4-3-5-8(2)6-7;1-7-3-5-8(2)6-4-7;1-6-3-4-7(2)8-5-6;1-7-3-5-8(2)6-4-7;1-5-3-8-6(2)4-7-5;1-5-3-6(2)8-4-7-5;1-5-4-6(5,2)3;1-5-3-6-7(2)4-5/h4-6H,1-3H3;2*3-6H,1-2H3;7H,3-6H2,1-2H3;3-5H,1-2H3;3-6H2,1-2H3;2*3-4H,1-2H3;5H,4H2,1-3H3;3-4H,1-2H3/t;;;;;;;;5-;/m........0./s1. The van der Waals surface area contributed by atoms with Gasteiger partial charge in [0.15, 0.2) is 0 Å². The fourth-order valence-electron chi connectivity index (χ4n) is 7.55. The molecule has 0 unspecified atom stereocenters. The van der Waals surface area contributed by atoms with Crippen LogP contribution in [0.15, 0.2) is 122 Å². The summed E-state index contributed by atoms with van der Waals surface area (Å²) in [6, 6.07) is 29.5. The van der Waals surface area contributed by atoms with Gasteiger partial charge in [0.05, 0.1) is 17.6 Å². The maximum Gasteiger partial charge on any atom is 0.115 e. The Morgan fingerprint density at radius 1 is 0.385 bits per heavy atom. The van der Waals surface area contributed by atoms with Crippen LogP contribution in [0, 0.1) is 114 Å². The van der Waals surface area contributed by atoms with Crippen molar-refractivity contribution in [3.63, 3.8) is 0 Å². The summed E-state index contributed by atoms with van der Waals surface area (Å²) in [5, 5.41) is 3.93. The molecule has 10 nitrogen and oxygen atoms in total. The van der Waals surface area contributed by atoms with Crippen molar-refractivity contribution in [3.05, 3.63) is 201 Å². The van der Waals surface area contributed by atoms with Crippen LogP contribution in [0.2, 0.25) is 0 Å². The molecule has 1 atom stereocenters. The number of likely N-dealkylation sites (N-methyl/N-ethyl adjacent to an activating group) is 2. The highest BCUT2D eigenvalue weighted by Gasteiger charge is 2.41. The van der Waals surface area contributed by atoms with E-state index in [9.17, 15) is 0 Å². The molecule has 10 heteroatoms. The molecule has 6 heterocycles. The summed E-state index contributed by atoms with van der Waals surface area (Å²) in [7, 11) is 8.46. The Kier molecular flexibility index (Phi) is 34.7.